The first-order chi connectivity index (χ1) is 11.9. The van der Waals surface area contributed by atoms with Crippen LogP contribution < -0.4 is 4.72 Å². The van der Waals surface area contributed by atoms with Crippen LogP contribution in [0.5, 0.6) is 0 Å². The fraction of sp³-hybridized carbons (Fsp3) is 0.176. The quantitative estimate of drug-likeness (QED) is 0.527. The maximum absolute atomic E-state index is 11.6. The van der Waals surface area contributed by atoms with Crippen LogP contribution in [0.15, 0.2) is 42.7 Å². The second kappa shape index (κ2) is 7.38. The van der Waals surface area contributed by atoms with E-state index in [1.165, 1.54) is 18.9 Å². The van der Waals surface area contributed by atoms with Gasteiger partial charge in [-0.3, -0.25) is 13.0 Å². The summed E-state index contributed by atoms with van der Waals surface area (Å²) in [6.07, 6.45) is 1.74. The number of aromatic nitrogens is 2. The summed E-state index contributed by atoms with van der Waals surface area (Å²) >= 11 is -0.944. The Bertz CT molecular complexity index is 969. The van der Waals surface area contributed by atoms with Gasteiger partial charge in [-0.2, -0.15) is 0 Å². The number of nitrogens with one attached hydrogen (secondary N) is 1. The number of imidazole rings is 1. The molecule has 6 nitrogen and oxygen atoms in total. The molecule has 130 valence electrons. The average molecular weight is 374 g/mol. The van der Waals surface area contributed by atoms with Crippen LogP contribution in [0, 0.1) is 6.92 Å². The topological polar surface area (TPSA) is 87.0 Å². The van der Waals surface area contributed by atoms with E-state index >= 15 is 0 Å². The van der Waals surface area contributed by atoms with Crippen LogP contribution in [-0.4, -0.2) is 23.5 Å². The van der Waals surface area contributed by atoms with E-state index in [2.05, 4.69) is 9.71 Å². The molecular formula is C17H16N3O3S2-. The molecule has 25 heavy (non-hydrogen) atoms. The van der Waals surface area contributed by atoms with Crippen molar-refractivity contribution in [1.82, 2.24) is 8.96 Å². The molecule has 0 bridgehead atoms. The van der Waals surface area contributed by atoms with Crippen molar-refractivity contribution in [3.8, 4) is 0 Å². The highest BCUT2D eigenvalue weighted by Crippen LogP contribution is 2.27. The summed E-state index contributed by atoms with van der Waals surface area (Å²) in [6, 6.07) is 11.0. The molecule has 2 aromatic carbocycles. The number of carbonyl (C=O) groups excluding carboxylic acids is 1. The first-order valence-electron chi connectivity index (χ1n) is 7.51. The van der Waals surface area contributed by atoms with Crippen LogP contribution in [0.2, 0.25) is 0 Å². The number of benzene rings is 2. The molecule has 0 saturated carbocycles. The lowest BCUT2D eigenvalue weighted by Crippen LogP contribution is -2.06. The van der Waals surface area contributed by atoms with Crippen LogP contribution >= 0.6 is 11.9 Å². The van der Waals surface area contributed by atoms with E-state index < -0.39 is 11.3 Å². The van der Waals surface area contributed by atoms with E-state index in [4.69, 9.17) is 0 Å². The molecule has 1 N–H and O–H groups in total. The zero-order valence-electron chi connectivity index (χ0n) is 13.7. The lowest BCUT2D eigenvalue weighted by Gasteiger charge is -2.14. The van der Waals surface area contributed by atoms with Crippen molar-refractivity contribution in [2.75, 3.05) is 4.72 Å². The van der Waals surface area contributed by atoms with Gasteiger partial charge in [0.15, 0.2) is 5.78 Å². The van der Waals surface area contributed by atoms with E-state index in [0.29, 0.717) is 17.0 Å². The number of aryl methyl sites for hydroxylation is 1. The molecule has 0 aliphatic carbocycles. The molecule has 0 fully saturated rings. The van der Waals surface area contributed by atoms with Crippen LogP contribution in [-0.2, 0) is 17.0 Å². The SMILES string of the molecule is CC(=O)c1ccc(NS(=O)[O-])c(CSn2cnc3cc(C)ccc32)c1. The zero-order valence-corrected chi connectivity index (χ0v) is 15.3. The Labute approximate surface area is 152 Å². The van der Waals surface area contributed by atoms with Gasteiger partial charge < -0.3 is 9.27 Å². The van der Waals surface area contributed by atoms with Gasteiger partial charge in [-0.25, -0.2) is 4.98 Å². The highest BCUT2D eigenvalue weighted by Gasteiger charge is 2.09. The van der Waals surface area contributed by atoms with E-state index in [0.717, 1.165) is 22.2 Å². The van der Waals surface area contributed by atoms with Crippen LogP contribution in [0.1, 0.15) is 28.4 Å². The Morgan fingerprint density at radius 1 is 1.32 bits per heavy atom. The van der Waals surface area contributed by atoms with E-state index in [-0.39, 0.29) is 5.78 Å². The molecule has 0 aliphatic rings. The maximum atomic E-state index is 11.6. The number of nitrogens with zero attached hydrogens (tertiary/aromatic N) is 2. The zero-order chi connectivity index (χ0) is 18.0. The first-order valence-corrected chi connectivity index (χ1v) is 9.52. The van der Waals surface area contributed by atoms with Crippen molar-refractivity contribution in [3.05, 3.63) is 59.4 Å². The van der Waals surface area contributed by atoms with Gasteiger partial charge in [0.25, 0.3) is 0 Å². The molecule has 1 unspecified atom stereocenters. The van der Waals surface area contributed by atoms with Crippen LogP contribution in [0.25, 0.3) is 11.0 Å². The molecule has 0 spiro atoms. The monoisotopic (exact) mass is 374 g/mol. The van der Waals surface area contributed by atoms with Gasteiger partial charge in [-0.15, -0.1) is 0 Å². The molecule has 3 aromatic rings. The maximum Gasteiger partial charge on any atom is 0.159 e. The summed E-state index contributed by atoms with van der Waals surface area (Å²) in [6.45, 7) is 3.50. The van der Waals surface area contributed by atoms with Crippen LogP contribution in [0.3, 0.4) is 0 Å². The molecule has 1 atom stereocenters. The minimum absolute atomic E-state index is 0.0652. The lowest BCUT2D eigenvalue weighted by molar-refractivity contribution is 0.101. The molecule has 0 aliphatic heterocycles. The highest BCUT2D eigenvalue weighted by molar-refractivity contribution is 7.97. The first kappa shape index (κ1) is 17.7. The lowest BCUT2D eigenvalue weighted by atomic mass is 10.1. The number of ketones is 1. The number of hydrogen-bond donors (Lipinski definition) is 1. The van der Waals surface area contributed by atoms with Gasteiger partial charge in [-0.1, -0.05) is 6.07 Å². The Kier molecular flexibility index (Phi) is 5.22. The fourth-order valence-electron chi connectivity index (χ4n) is 2.46. The predicted octanol–water partition coefficient (Wildman–Crippen LogP) is 3.45. The number of anilines is 1. The summed E-state index contributed by atoms with van der Waals surface area (Å²) in [4.78, 5) is 16.0. The molecule has 1 heterocycles. The minimum Gasteiger partial charge on any atom is -0.755 e. The molecule has 8 heteroatoms. The second-order valence-electron chi connectivity index (χ2n) is 5.60. The predicted molar refractivity (Wildman–Crippen MR) is 100 cm³/mol. The molecular weight excluding hydrogens is 358 g/mol. The van der Waals surface area contributed by atoms with Gasteiger partial charge in [-0.05, 0) is 67.3 Å². The van der Waals surface area contributed by atoms with Crippen molar-refractivity contribution in [2.24, 2.45) is 0 Å². The Morgan fingerprint density at radius 2 is 2.12 bits per heavy atom. The number of rotatable bonds is 6. The van der Waals surface area contributed by atoms with Crippen molar-refractivity contribution >= 4 is 45.7 Å². The number of hydrogen-bond acceptors (Lipinski definition) is 5. The molecule has 0 saturated heterocycles. The third-order valence-corrected chi connectivity index (χ3v) is 5.13. The third kappa shape index (κ3) is 4.09. The summed E-state index contributed by atoms with van der Waals surface area (Å²) in [5, 5.41) is 0. The highest BCUT2D eigenvalue weighted by atomic mass is 32.2. The Balaban J connectivity index is 1.88. The van der Waals surface area contributed by atoms with Gasteiger partial charge in [0, 0.05) is 28.3 Å². The van der Waals surface area contributed by atoms with Gasteiger partial charge in [0.1, 0.15) is 6.33 Å². The van der Waals surface area contributed by atoms with E-state index in [1.807, 2.05) is 29.1 Å². The number of fused-ring (bicyclic) bond motifs is 1. The summed E-state index contributed by atoms with van der Waals surface area (Å²) in [7, 11) is 0. The third-order valence-electron chi connectivity index (χ3n) is 3.73. The summed E-state index contributed by atoms with van der Waals surface area (Å²) < 4.78 is 26.3. The Hall–Kier alpha value is -2.16. The number of carbonyl (C=O) groups is 1. The number of Topliss-reactive ketones (excluding diaryl/α,β-unsaturated/α-hetero) is 1. The molecule has 0 amide bonds. The van der Waals surface area contributed by atoms with E-state index in [1.54, 1.807) is 24.5 Å². The molecule has 3 rings (SSSR count). The standard InChI is InChI=1S/C17H17N3O3S2/c1-11-3-6-17-16(7-11)18-10-20(17)24-9-14-8-13(12(2)21)4-5-15(14)19-25(22)23/h3-8,10,19H,9H2,1-2H3,(H,22,23)/p-1. The van der Waals surface area contributed by atoms with Gasteiger partial charge in [0.2, 0.25) is 0 Å². The summed E-state index contributed by atoms with van der Waals surface area (Å²) in [5.74, 6) is 0.421. The van der Waals surface area contributed by atoms with E-state index in [9.17, 15) is 13.6 Å². The smallest absolute Gasteiger partial charge is 0.159 e. The van der Waals surface area contributed by atoms with Gasteiger partial charge in [0.05, 0.1) is 11.0 Å². The van der Waals surface area contributed by atoms with Crippen molar-refractivity contribution in [3.63, 3.8) is 0 Å². The molecule has 1 aromatic heterocycles. The van der Waals surface area contributed by atoms with Gasteiger partial charge >= 0.3 is 0 Å². The molecule has 0 radical (unpaired) electrons. The van der Waals surface area contributed by atoms with Crippen molar-refractivity contribution in [2.45, 2.75) is 19.6 Å². The minimum atomic E-state index is -2.42. The van der Waals surface area contributed by atoms with Crippen LogP contribution in [0.4, 0.5) is 5.69 Å². The Morgan fingerprint density at radius 3 is 2.84 bits per heavy atom. The van der Waals surface area contributed by atoms with Crippen molar-refractivity contribution < 1.29 is 13.6 Å². The van der Waals surface area contributed by atoms with Crippen molar-refractivity contribution in [1.29, 1.82) is 0 Å². The normalized spacial score (nSPS) is 12.3. The second-order valence-corrected chi connectivity index (χ2v) is 7.21. The summed E-state index contributed by atoms with van der Waals surface area (Å²) in [5.41, 5.74) is 4.77. The fourth-order valence-corrected chi connectivity index (χ4v) is 3.77. The largest absolute Gasteiger partial charge is 0.755 e. The average Bonchev–Trinajstić information content (AvgIpc) is 2.95.